The molecule has 2 aromatic rings. The summed E-state index contributed by atoms with van der Waals surface area (Å²) in [4.78, 5) is 29.9. The zero-order chi connectivity index (χ0) is 18.1. The largest absolute Gasteiger partial charge is 0.324 e. The van der Waals surface area contributed by atoms with Crippen LogP contribution in [0.2, 0.25) is 0 Å². The van der Waals surface area contributed by atoms with Crippen molar-refractivity contribution in [2.75, 3.05) is 11.6 Å². The first-order valence-corrected chi connectivity index (χ1v) is 9.67. The number of hydrogen-bond acceptors (Lipinski definition) is 4. The molecule has 0 saturated heterocycles. The van der Waals surface area contributed by atoms with Crippen LogP contribution in [-0.2, 0) is 24.2 Å². The number of nitrogens with one attached hydrogen (secondary N) is 1. The highest BCUT2D eigenvalue weighted by atomic mass is 32.2. The Kier molecular flexibility index (Phi) is 4.99. The Morgan fingerprint density at radius 2 is 1.92 bits per heavy atom. The molecule has 1 heterocycles. The van der Waals surface area contributed by atoms with E-state index in [1.54, 1.807) is 0 Å². The number of benzene rings is 1. The van der Waals surface area contributed by atoms with E-state index in [2.05, 4.69) is 10.3 Å². The Labute approximate surface area is 151 Å². The number of amides is 1. The fourth-order valence-corrected chi connectivity index (χ4v) is 4.07. The standard InChI is InChI=1S/C19H23N3O2S/c1-11-8-12(2)17(13(3)9-11)21-16(23)10-22-18(24)14-6-5-7-15(14)20-19(22)25-4/h8-9H,5-7,10H2,1-4H3,(H,21,23). The number of nitrogens with zero attached hydrogens (tertiary/aromatic N) is 2. The third kappa shape index (κ3) is 3.49. The van der Waals surface area contributed by atoms with Crippen molar-refractivity contribution < 1.29 is 4.79 Å². The third-order valence-electron chi connectivity index (χ3n) is 4.58. The van der Waals surface area contributed by atoms with Crippen molar-refractivity contribution in [3.8, 4) is 0 Å². The van der Waals surface area contributed by atoms with Crippen molar-refractivity contribution in [3.05, 3.63) is 50.4 Å². The fraction of sp³-hybridized carbons (Fsp3) is 0.421. The van der Waals surface area contributed by atoms with Crippen LogP contribution in [0.3, 0.4) is 0 Å². The quantitative estimate of drug-likeness (QED) is 0.675. The molecule has 25 heavy (non-hydrogen) atoms. The highest BCUT2D eigenvalue weighted by Gasteiger charge is 2.21. The van der Waals surface area contributed by atoms with Gasteiger partial charge in [0.05, 0.1) is 5.69 Å². The maximum atomic E-state index is 12.7. The zero-order valence-electron chi connectivity index (χ0n) is 15.1. The number of anilines is 1. The van der Waals surface area contributed by atoms with Gasteiger partial charge in [0.25, 0.3) is 5.56 Å². The van der Waals surface area contributed by atoms with Crippen LogP contribution in [0, 0.1) is 20.8 Å². The van der Waals surface area contributed by atoms with E-state index < -0.39 is 0 Å². The summed E-state index contributed by atoms with van der Waals surface area (Å²) in [6, 6.07) is 4.08. The van der Waals surface area contributed by atoms with Gasteiger partial charge in [0.1, 0.15) is 6.54 Å². The molecule has 0 spiro atoms. The molecule has 0 radical (unpaired) electrons. The molecular formula is C19H23N3O2S. The predicted molar refractivity (Wildman–Crippen MR) is 102 cm³/mol. The molecule has 1 aromatic heterocycles. The molecule has 0 saturated carbocycles. The van der Waals surface area contributed by atoms with Gasteiger partial charge in [0, 0.05) is 11.3 Å². The Morgan fingerprint density at radius 1 is 1.24 bits per heavy atom. The average molecular weight is 357 g/mol. The number of carbonyl (C=O) groups excluding carboxylic acids is 1. The van der Waals surface area contributed by atoms with Crippen molar-refractivity contribution >= 4 is 23.4 Å². The van der Waals surface area contributed by atoms with E-state index in [-0.39, 0.29) is 18.0 Å². The van der Waals surface area contributed by atoms with Crippen LogP contribution in [-0.4, -0.2) is 21.7 Å². The first kappa shape index (κ1) is 17.7. The van der Waals surface area contributed by atoms with Gasteiger partial charge < -0.3 is 5.32 Å². The summed E-state index contributed by atoms with van der Waals surface area (Å²) in [5, 5.41) is 3.57. The summed E-state index contributed by atoms with van der Waals surface area (Å²) < 4.78 is 1.50. The normalized spacial score (nSPS) is 13.0. The van der Waals surface area contributed by atoms with Gasteiger partial charge in [0.2, 0.25) is 5.91 Å². The summed E-state index contributed by atoms with van der Waals surface area (Å²) in [5.41, 5.74) is 5.63. The van der Waals surface area contributed by atoms with E-state index in [1.165, 1.54) is 16.3 Å². The second-order valence-corrected chi connectivity index (χ2v) is 7.36. The highest BCUT2D eigenvalue weighted by molar-refractivity contribution is 7.98. The molecule has 0 aliphatic heterocycles. The summed E-state index contributed by atoms with van der Waals surface area (Å²) >= 11 is 1.40. The SMILES string of the molecule is CSc1nc2c(c(=O)n1CC(=O)Nc1c(C)cc(C)cc1C)CCC2. The molecule has 6 heteroatoms. The Hall–Kier alpha value is -2.08. The lowest BCUT2D eigenvalue weighted by Crippen LogP contribution is -2.32. The first-order chi connectivity index (χ1) is 11.9. The lowest BCUT2D eigenvalue weighted by atomic mass is 10.1. The predicted octanol–water partition coefficient (Wildman–Crippen LogP) is 3.02. The van der Waals surface area contributed by atoms with Gasteiger partial charge in [-0.05, 0) is 57.4 Å². The summed E-state index contributed by atoms with van der Waals surface area (Å²) in [5.74, 6) is -0.202. The molecular weight excluding hydrogens is 334 g/mol. The van der Waals surface area contributed by atoms with Gasteiger partial charge in [-0.3, -0.25) is 14.2 Å². The van der Waals surface area contributed by atoms with E-state index in [4.69, 9.17) is 0 Å². The third-order valence-corrected chi connectivity index (χ3v) is 5.26. The smallest absolute Gasteiger partial charge is 0.258 e. The average Bonchev–Trinajstić information content (AvgIpc) is 3.02. The molecule has 1 N–H and O–H groups in total. The lowest BCUT2D eigenvalue weighted by molar-refractivity contribution is -0.116. The van der Waals surface area contributed by atoms with Crippen LogP contribution < -0.4 is 10.9 Å². The molecule has 1 aromatic carbocycles. The monoisotopic (exact) mass is 357 g/mol. The van der Waals surface area contributed by atoms with E-state index in [1.807, 2.05) is 39.2 Å². The lowest BCUT2D eigenvalue weighted by Gasteiger charge is -2.15. The van der Waals surface area contributed by atoms with Gasteiger partial charge in [0.15, 0.2) is 5.16 Å². The number of carbonyl (C=O) groups is 1. The molecule has 0 unspecified atom stereocenters. The van der Waals surface area contributed by atoms with Crippen LogP contribution in [0.4, 0.5) is 5.69 Å². The molecule has 0 bridgehead atoms. The maximum Gasteiger partial charge on any atom is 0.258 e. The molecule has 3 rings (SSSR count). The van der Waals surface area contributed by atoms with Crippen LogP contribution >= 0.6 is 11.8 Å². The molecule has 1 aliphatic rings. The van der Waals surface area contributed by atoms with Gasteiger partial charge in [-0.1, -0.05) is 29.5 Å². The number of fused-ring (bicyclic) bond motifs is 1. The van der Waals surface area contributed by atoms with Crippen molar-refractivity contribution in [1.82, 2.24) is 9.55 Å². The number of thioether (sulfide) groups is 1. The Balaban J connectivity index is 1.88. The van der Waals surface area contributed by atoms with E-state index in [0.29, 0.717) is 5.16 Å². The van der Waals surface area contributed by atoms with E-state index in [0.717, 1.165) is 52.9 Å². The maximum absolute atomic E-state index is 12.7. The zero-order valence-corrected chi connectivity index (χ0v) is 15.9. The Bertz CT molecular complexity index is 879. The molecule has 1 aliphatic carbocycles. The number of rotatable bonds is 4. The van der Waals surface area contributed by atoms with Crippen LogP contribution in [0.1, 0.15) is 34.4 Å². The molecule has 5 nitrogen and oxygen atoms in total. The van der Waals surface area contributed by atoms with Crippen LogP contribution in [0.25, 0.3) is 0 Å². The second kappa shape index (κ2) is 7.04. The molecule has 0 fully saturated rings. The molecule has 132 valence electrons. The van der Waals surface area contributed by atoms with Gasteiger partial charge in [-0.2, -0.15) is 0 Å². The van der Waals surface area contributed by atoms with E-state index >= 15 is 0 Å². The molecule has 1 amide bonds. The minimum Gasteiger partial charge on any atom is -0.324 e. The summed E-state index contributed by atoms with van der Waals surface area (Å²) in [6.45, 7) is 5.98. The van der Waals surface area contributed by atoms with Crippen molar-refractivity contribution in [3.63, 3.8) is 0 Å². The fourth-order valence-electron chi connectivity index (χ4n) is 3.50. The summed E-state index contributed by atoms with van der Waals surface area (Å²) in [7, 11) is 0. The van der Waals surface area contributed by atoms with Crippen molar-refractivity contribution in [2.45, 2.75) is 51.7 Å². The van der Waals surface area contributed by atoms with Gasteiger partial charge in [-0.25, -0.2) is 4.98 Å². The summed E-state index contributed by atoms with van der Waals surface area (Å²) in [6.07, 6.45) is 4.45. The number of aryl methyl sites for hydroxylation is 4. The topological polar surface area (TPSA) is 64.0 Å². The second-order valence-electron chi connectivity index (χ2n) is 6.59. The van der Waals surface area contributed by atoms with Crippen LogP contribution in [0.5, 0.6) is 0 Å². The van der Waals surface area contributed by atoms with Crippen molar-refractivity contribution in [2.24, 2.45) is 0 Å². The highest BCUT2D eigenvalue weighted by Crippen LogP contribution is 2.23. The van der Waals surface area contributed by atoms with Gasteiger partial charge >= 0.3 is 0 Å². The minimum absolute atomic E-state index is 0.0119. The first-order valence-electron chi connectivity index (χ1n) is 8.45. The molecule has 0 atom stereocenters. The van der Waals surface area contributed by atoms with Gasteiger partial charge in [-0.15, -0.1) is 0 Å². The van der Waals surface area contributed by atoms with Crippen LogP contribution in [0.15, 0.2) is 22.1 Å². The van der Waals surface area contributed by atoms with E-state index in [9.17, 15) is 9.59 Å². The van der Waals surface area contributed by atoms with Crippen molar-refractivity contribution in [1.29, 1.82) is 0 Å². The number of aromatic nitrogens is 2. The Morgan fingerprint density at radius 3 is 2.56 bits per heavy atom. The number of hydrogen-bond donors (Lipinski definition) is 1. The minimum atomic E-state index is -0.202.